The average molecular weight is 266 g/mol. The Labute approximate surface area is 96.8 Å². The molecule has 3 nitrogen and oxygen atoms in total. The number of aromatic nitrogens is 1. The quantitative estimate of drug-likeness (QED) is 0.896. The van der Waals surface area contributed by atoms with Crippen LogP contribution >= 0.6 is 15.9 Å². The van der Waals surface area contributed by atoms with Gasteiger partial charge in [-0.05, 0) is 28.1 Å². The first-order valence-corrected chi connectivity index (χ1v) is 5.59. The highest BCUT2D eigenvalue weighted by atomic mass is 79.9. The minimum absolute atomic E-state index is 0.618. The van der Waals surface area contributed by atoms with Crippen molar-refractivity contribution in [2.24, 2.45) is 5.73 Å². The van der Waals surface area contributed by atoms with Crippen molar-refractivity contribution in [3.8, 4) is 0 Å². The Kier molecular flexibility index (Phi) is 3.18. The Morgan fingerprint density at radius 1 is 1.40 bits per heavy atom. The number of benzene rings is 1. The number of halogens is 1. The first kappa shape index (κ1) is 10.4. The summed E-state index contributed by atoms with van der Waals surface area (Å²) in [5.41, 5.74) is 7.47. The van der Waals surface area contributed by atoms with Crippen LogP contribution in [0.2, 0.25) is 0 Å². The number of nitrogens with two attached hydrogens (primary N) is 1. The maximum Gasteiger partial charge on any atom is 0.0934 e. The lowest BCUT2D eigenvalue weighted by atomic mass is 10.2. The zero-order chi connectivity index (χ0) is 10.7. The van der Waals surface area contributed by atoms with Crippen molar-refractivity contribution in [3.05, 3.63) is 34.9 Å². The molecule has 0 aliphatic heterocycles. The average Bonchev–Trinajstić information content (AvgIpc) is 2.25. The van der Waals surface area contributed by atoms with Crippen molar-refractivity contribution in [3.63, 3.8) is 0 Å². The molecule has 2 rings (SSSR count). The molecular formula is C11H12BrN3. The lowest BCUT2D eigenvalue weighted by molar-refractivity contribution is 1.03. The van der Waals surface area contributed by atoms with Gasteiger partial charge in [0.15, 0.2) is 0 Å². The Hall–Kier alpha value is -1.13. The van der Waals surface area contributed by atoms with Crippen LogP contribution in [0.5, 0.6) is 0 Å². The van der Waals surface area contributed by atoms with E-state index in [1.165, 1.54) is 0 Å². The molecule has 0 saturated carbocycles. The molecule has 0 aliphatic carbocycles. The van der Waals surface area contributed by atoms with E-state index < -0.39 is 0 Å². The second-order valence-corrected chi connectivity index (χ2v) is 4.16. The van der Waals surface area contributed by atoms with E-state index in [1.807, 2.05) is 18.2 Å². The maximum atomic E-state index is 5.45. The number of fused-ring (bicyclic) bond motifs is 1. The largest absolute Gasteiger partial charge is 0.382 e. The fourth-order valence-corrected chi connectivity index (χ4v) is 1.83. The molecule has 4 heteroatoms. The van der Waals surface area contributed by atoms with Gasteiger partial charge in [0, 0.05) is 29.1 Å². The lowest BCUT2D eigenvalue weighted by Crippen LogP contribution is -2.13. The van der Waals surface area contributed by atoms with Gasteiger partial charge in [-0.3, -0.25) is 4.98 Å². The molecule has 0 radical (unpaired) electrons. The zero-order valence-electron chi connectivity index (χ0n) is 8.20. The highest BCUT2D eigenvalue weighted by Gasteiger charge is 2.01. The summed E-state index contributed by atoms with van der Waals surface area (Å²) in [6, 6.07) is 8.12. The van der Waals surface area contributed by atoms with Crippen LogP contribution in [-0.2, 0) is 0 Å². The van der Waals surface area contributed by atoms with Crippen LogP contribution < -0.4 is 11.1 Å². The minimum Gasteiger partial charge on any atom is -0.382 e. The Morgan fingerprint density at radius 3 is 3.07 bits per heavy atom. The fourth-order valence-electron chi connectivity index (χ4n) is 1.48. The van der Waals surface area contributed by atoms with Crippen molar-refractivity contribution in [1.29, 1.82) is 0 Å². The summed E-state index contributed by atoms with van der Waals surface area (Å²) in [5.74, 6) is 0. The summed E-state index contributed by atoms with van der Waals surface area (Å²) < 4.78 is 0.992. The van der Waals surface area contributed by atoms with E-state index in [0.29, 0.717) is 6.54 Å². The normalized spacial score (nSPS) is 10.5. The number of rotatable bonds is 3. The Bertz CT molecular complexity index is 470. The van der Waals surface area contributed by atoms with Crippen LogP contribution in [-0.4, -0.2) is 18.1 Å². The monoisotopic (exact) mass is 265 g/mol. The Balaban J connectivity index is 2.46. The third-order valence-electron chi connectivity index (χ3n) is 2.14. The number of anilines is 1. The molecule has 1 aromatic heterocycles. The molecule has 0 spiro atoms. The van der Waals surface area contributed by atoms with E-state index in [4.69, 9.17) is 5.73 Å². The lowest BCUT2D eigenvalue weighted by Gasteiger charge is -2.07. The molecule has 1 aromatic carbocycles. The second-order valence-electron chi connectivity index (χ2n) is 3.25. The summed E-state index contributed by atoms with van der Waals surface area (Å²) in [5, 5.41) is 4.37. The predicted octanol–water partition coefficient (Wildman–Crippen LogP) is 2.37. The van der Waals surface area contributed by atoms with Gasteiger partial charge in [-0.25, -0.2) is 0 Å². The number of para-hydroxylation sites is 1. The predicted molar refractivity (Wildman–Crippen MR) is 67.0 cm³/mol. The number of hydrogen-bond donors (Lipinski definition) is 2. The van der Waals surface area contributed by atoms with Crippen LogP contribution in [0.3, 0.4) is 0 Å². The summed E-state index contributed by atoms with van der Waals surface area (Å²) in [6.07, 6.45) is 1.80. The van der Waals surface area contributed by atoms with Gasteiger partial charge in [-0.15, -0.1) is 0 Å². The molecule has 3 N–H and O–H groups in total. The third kappa shape index (κ3) is 2.27. The SMILES string of the molecule is NCCNc1cccc2cc(Br)cnc12. The molecule has 0 saturated heterocycles. The summed E-state index contributed by atoms with van der Waals surface area (Å²) >= 11 is 3.41. The van der Waals surface area contributed by atoms with Gasteiger partial charge in [0.05, 0.1) is 11.2 Å². The molecule has 15 heavy (non-hydrogen) atoms. The van der Waals surface area contributed by atoms with Gasteiger partial charge in [0.25, 0.3) is 0 Å². The zero-order valence-corrected chi connectivity index (χ0v) is 9.79. The van der Waals surface area contributed by atoms with Crippen molar-refractivity contribution >= 4 is 32.5 Å². The smallest absolute Gasteiger partial charge is 0.0934 e. The number of pyridine rings is 1. The van der Waals surface area contributed by atoms with Gasteiger partial charge in [0.2, 0.25) is 0 Å². The van der Waals surface area contributed by atoms with Crippen LogP contribution in [0.4, 0.5) is 5.69 Å². The van der Waals surface area contributed by atoms with Gasteiger partial charge in [-0.2, -0.15) is 0 Å². The highest BCUT2D eigenvalue weighted by Crippen LogP contribution is 2.23. The van der Waals surface area contributed by atoms with Crippen LogP contribution in [0, 0.1) is 0 Å². The minimum atomic E-state index is 0.618. The molecule has 2 aromatic rings. The van der Waals surface area contributed by atoms with Crippen molar-refractivity contribution in [2.45, 2.75) is 0 Å². The van der Waals surface area contributed by atoms with E-state index in [2.05, 4.69) is 32.3 Å². The van der Waals surface area contributed by atoms with E-state index in [1.54, 1.807) is 6.20 Å². The second kappa shape index (κ2) is 4.59. The molecule has 0 amide bonds. The Morgan fingerprint density at radius 2 is 2.27 bits per heavy atom. The molecule has 0 fully saturated rings. The first-order chi connectivity index (χ1) is 7.31. The van der Waals surface area contributed by atoms with Gasteiger partial charge < -0.3 is 11.1 Å². The molecular weight excluding hydrogens is 254 g/mol. The maximum absolute atomic E-state index is 5.45. The van der Waals surface area contributed by atoms with E-state index in [-0.39, 0.29) is 0 Å². The first-order valence-electron chi connectivity index (χ1n) is 4.79. The van der Waals surface area contributed by atoms with Gasteiger partial charge in [0.1, 0.15) is 0 Å². The van der Waals surface area contributed by atoms with Crippen LogP contribution in [0.25, 0.3) is 10.9 Å². The third-order valence-corrected chi connectivity index (χ3v) is 2.57. The van der Waals surface area contributed by atoms with E-state index in [9.17, 15) is 0 Å². The summed E-state index contributed by atoms with van der Waals surface area (Å²) in [7, 11) is 0. The topological polar surface area (TPSA) is 50.9 Å². The number of nitrogens with zero attached hydrogens (tertiary/aromatic N) is 1. The molecule has 0 aliphatic rings. The fraction of sp³-hybridized carbons (Fsp3) is 0.182. The molecule has 78 valence electrons. The van der Waals surface area contributed by atoms with Crippen LogP contribution in [0.15, 0.2) is 34.9 Å². The molecule has 1 heterocycles. The van der Waals surface area contributed by atoms with Gasteiger partial charge >= 0.3 is 0 Å². The molecule has 0 bridgehead atoms. The molecule has 0 atom stereocenters. The number of nitrogens with one attached hydrogen (secondary N) is 1. The van der Waals surface area contributed by atoms with Crippen molar-refractivity contribution in [2.75, 3.05) is 18.4 Å². The van der Waals surface area contributed by atoms with Crippen molar-refractivity contribution in [1.82, 2.24) is 4.98 Å². The standard InChI is InChI=1S/C11H12BrN3/c12-9-6-8-2-1-3-10(14-5-4-13)11(8)15-7-9/h1-3,6-7,14H,4-5,13H2. The molecule has 0 unspecified atom stereocenters. The van der Waals surface area contributed by atoms with Crippen molar-refractivity contribution < 1.29 is 0 Å². The summed E-state index contributed by atoms with van der Waals surface area (Å²) in [4.78, 5) is 4.38. The summed E-state index contributed by atoms with van der Waals surface area (Å²) in [6.45, 7) is 1.38. The van der Waals surface area contributed by atoms with E-state index >= 15 is 0 Å². The highest BCUT2D eigenvalue weighted by molar-refractivity contribution is 9.10. The van der Waals surface area contributed by atoms with Crippen LogP contribution in [0.1, 0.15) is 0 Å². The number of hydrogen-bond acceptors (Lipinski definition) is 3. The van der Waals surface area contributed by atoms with Gasteiger partial charge in [-0.1, -0.05) is 12.1 Å². The van der Waals surface area contributed by atoms with E-state index in [0.717, 1.165) is 27.6 Å².